The maximum absolute atomic E-state index is 12.5. The molecule has 0 aromatic heterocycles. The molecule has 0 atom stereocenters. The van der Waals surface area contributed by atoms with Gasteiger partial charge in [0.2, 0.25) is 5.91 Å². The molecule has 2 aliphatic rings. The Morgan fingerprint density at radius 2 is 1.65 bits per heavy atom. The largest absolute Gasteiger partial charge is 0.326 e. The zero-order valence-corrected chi connectivity index (χ0v) is 10.5. The van der Waals surface area contributed by atoms with Crippen molar-refractivity contribution in [2.24, 2.45) is 5.92 Å². The quantitative estimate of drug-likeness (QED) is 0.705. The van der Waals surface area contributed by atoms with E-state index < -0.39 is 0 Å². The van der Waals surface area contributed by atoms with Crippen molar-refractivity contribution < 1.29 is 4.79 Å². The van der Waals surface area contributed by atoms with Gasteiger partial charge in [-0.1, -0.05) is 32.1 Å². The van der Waals surface area contributed by atoms with Crippen LogP contribution >= 0.6 is 0 Å². The second-order valence-corrected chi connectivity index (χ2v) is 5.40. The Kier molecular flexibility index (Phi) is 4.42. The standard InChI is InChI=1S/C14H22N2O/c15-10-11-16(13-8-4-5-9-13)14(17)12-6-2-1-3-7-12/h12-13H,1-9,11H2. The Labute approximate surface area is 104 Å². The summed E-state index contributed by atoms with van der Waals surface area (Å²) >= 11 is 0. The summed E-state index contributed by atoms with van der Waals surface area (Å²) in [6, 6.07) is 2.52. The first-order valence-electron chi connectivity index (χ1n) is 7.00. The van der Waals surface area contributed by atoms with Crippen molar-refractivity contribution in [3.8, 4) is 6.07 Å². The Bertz CT molecular complexity index is 296. The molecule has 0 aromatic carbocycles. The normalized spacial score (nSPS) is 22.3. The summed E-state index contributed by atoms with van der Waals surface area (Å²) in [7, 11) is 0. The predicted molar refractivity (Wildman–Crippen MR) is 66.2 cm³/mol. The average Bonchev–Trinajstić information content (AvgIpc) is 2.90. The second kappa shape index (κ2) is 6.05. The van der Waals surface area contributed by atoms with Crippen molar-refractivity contribution >= 4 is 5.91 Å². The van der Waals surface area contributed by atoms with Crippen molar-refractivity contribution in [3.05, 3.63) is 0 Å². The van der Waals surface area contributed by atoms with Crippen molar-refractivity contribution in [3.63, 3.8) is 0 Å². The van der Waals surface area contributed by atoms with Crippen LogP contribution in [0.3, 0.4) is 0 Å². The number of nitrogens with zero attached hydrogens (tertiary/aromatic N) is 2. The van der Waals surface area contributed by atoms with Crippen LogP contribution in [0.2, 0.25) is 0 Å². The number of nitriles is 1. The molecule has 2 aliphatic carbocycles. The van der Waals surface area contributed by atoms with Crippen molar-refractivity contribution in [1.29, 1.82) is 5.26 Å². The first kappa shape index (κ1) is 12.4. The minimum absolute atomic E-state index is 0.206. The molecule has 0 bridgehead atoms. The lowest BCUT2D eigenvalue weighted by atomic mass is 9.88. The highest BCUT2D eigenvalue weighted by atomic mass is 16.2. The first-order chi connectivity index (χ1) is 8.33. The summed E-state index contributed by atoms with van der Waals surface area (Å²) in [5.74, 6) is 0.468. The molecule has 0 heterocycles. The molecule has 1 amide bonds. The molecular weight excluding hydrogens is 212 g/mol. The smallest absolute Gasteiger partial charge is 0.226 e. The molecule has 0 spiro atoms. The number of rotatable bonds is 3. The van der Waals surface area contributed by atoms with Gasteiger partial charge in [0.25, 0.3) is 0 Å². The summed E-state index contributed by atoms with van der Waals surface area (Å²) in [5, 5.41) is 8.90. The minimum Gasteiger partial charge on any atom is -0.326 e. The van der Waals surface area contributed by atoms with E-state index in [0.717, 1.165) is 25.7 Å². The number of carbonyl (C=O) groups is 1. The van der Waals surface area contributed by atoms with Crippen LogP contribution in [0.1, 0.15) is 57.8 Å². The average molecular weight is 234 g/mol. The highest BCUT2D eigenvalue weighted by Gasteiger charge is 2.31. The van der Waals surface area contributed by atoms with E-state index in [1.54, 1.807) is 0 Å². The van der Waals surface area contributed by atoms with Crippen LogP contribution < -0.4 is 0 Å². The number of hydrogen-bond donors (Lipinski definition) is 0. The third-order valence-corrected chi connectivity index (χ3v) is 4.24. The predicted octanol–water partition coefficient (Wildman–Crippen LogP) is 2.86. The first-order valence-corrected chi connectivity index (χ1v) is 7.00. The molecule has 0 N–H and O–H groups in total. The SMILES string of the molecule is N#CCN(C(=O)C1CCCCC1)C1CCCC1. The summed E-state index contributed by atoms with van der Waals surface area (Å²) in [5.41, 5.74) is 0. The fourth-order valence-electron chi connectivity index (χ4n) is 3.26. The Hall–Kier alpha value is -1.04. The lowest BCUT2D eigenvalue weighted by molar-refractivity contribution is -0.138. The number of carbonyl (C=O) groups excluding carboxylic acids is 1. The fraction of sp³-hybridized carbons (Fsp3) is 0.857. The third kappa shape index (κ3) is 3.00. The van der Waals surface area contributed by atoms with Gasteiger partial charge in [-0.05, 0) is 25.7 Å². The van der Waals surface area contributed by atoms with Crippen LogP contribution in [0.5, 0.6) is 0 Å². The topological polar surface area (TPSA) is 44.1 Å². The van der Waals surface area contributed by atoms with Crippen molar-refractivity contribution in [2.45, 2.75) is 63.8 Å². The van der Waals surface area contributed by atoms with Gasteiger partial charge in [-0.2, -0.15) is 5.26 Å². The zero-order valence-electron chi connectivity index (χ0n) is 10.5. The van der Waals surface area contributed by atoms with Crippen LogP contribution in [-0.2, 0) is 4.79 Å². The molecule has 2 fully saturated rings. The zero-order chi connectivity index (χ0) is 12.1. The van der Waals surface area contributed by atoms with Crippen LogP contribution in [0, 0.1) is 17.2 Å². The van der Waals surface area contributed by atoms with Crippen molar-refractivity contribution in [2.75, 3.05) is 6.54 Å². The number of amides is 1. The number of hydrogen-bond acceptors (Lipinski definition) is 2. The van der Waals surface area contributed by atoms with Gasteiger partial charge < -0.3 is 4.90 Å². The lowest BCUT2D eigenvalue weighted by Gasteiger charge is -2.31. The van der Waals surface area contributed by atoms with E-state index in [1.807, 2.05) is 4.90 Å². The molecular formula is C14H22N2O. The van der Waals surface area contributed by atoms with E-state index in [2.05, 4.69) is 6.07 Å². The molecule has 3 nitrogen and oxygen atoms in total. The summed E-state index contributed by atoms with van der Waals surface area (Å²) in [6.07, 6.45) is 10.3. The molecule has 94 valence electrons. The Morgan fingerprint density at radius 3 is 2.24 bits per heavy atom. The third-order valence-electron chi connectivity index (χ3n) is 4.24. The molecule has 0 aliphatic heterocycles. The van der Waals surface area contributed by atoms with E-state index in [1.165, 1.54) is 32.1 Å². The molecule has 2 saturated carbocycles. The lowest BCUT2D eigenvalue weighted by Crippen LogP contribution is -2.43. The Morgan fingerprint density at radius 1 is 1.06 bits per heavy atom. The van der Waals surface area contributed by atoms with Gasteiger partial charge in [0.05, 0.1) is 6.07 Å². The summed E-state index contributed by atoms with van der Waals surface area (Å²) in [6.45, 7) is 0.292. The van der Waals surface area contributed by atoms with E-state index in [4.69, 9.17) is 5.26 Å². The second-order valence-electron chi connectivity index (χ2n) is 5.40. The molecule has 3 heteroatoms. The molecule has 0 radical (unpaired) electrons. The van der Waals surface area contributed by atoms with Gasteiger partial charge in [-0.3, -0.25) is 4.79 Å². The molecule has 0 saturated heterocycles. The van der Waals surface area contributed by atoms with Gasteiger partial charge in [-0.15, -0.1) is 0 Å². The van der Waals surface area contributed by atoms with E-state index in [9.17, 15) is 4.79 Å². The highest BCUT2D eigenvalue weighted by Crippen LogP contribution is 2.29. The van der Waals surface area contributed by atoms with Gasteiger partial charge in [0, 0.05) is 12.0 Å². The van der Waals surface area contributed by atoms with E-state index >= 15 is 0 Å². The van der Waals surface area contributed by atoms with Gasteiger partial charge in [-0.25, -0.2) is 0 Å². The highest BCUT2D eigenvalue weighted by molar-refractivity contribution is 5.79. The van der Waals surface area contributed by atoms with E-state index in [-0.39, 0.29) is 11.8 Å². The van der Waals surface area contributed by atoms with Crippen molar-refractivity contribution in [1.82, 2.24) is 4.90 Å². The summed E-state index contributed by atoms with van der Waals surface area (Å²) < 4.78 is 0. The van der Waals surface area contributed by atoms with Gasteiger partial charge >= 0.3 is 0 Å². The molecule has 0 aromatic rings. The summed E-state index contributed by atoms with van der Waals surface area (Å²) in [4.78, 5) is 14.3. The minimum atomic E-state index is 0.206. The molecule has 17 heavy (non-hydrogen) atoms. The van der Waals surface area contributed by atoms with Gasteiger partial charge in [0.1, 0.15) is 6.54 Å². The van der Waals surface area contributed by atoms with Gasteiger partial charge in [0.15, 0.2) is 0 Å². The van der Waals surface area contributed by atoms with Crippen LogP contribution in [0.15, 0.2) is 0 Å². The maximum atomic E-state index is 12.5. The Balaban J connectivity index is 1.98. The molecule has 0 unspecified atom stereocenters. The fourth-order valence-corrected chi connectivity index (χ4v) is 3.26. The van der Waals surface area contributed by atoms with E-state index in [0.29, 0.717) is 12.6 Å². The molecule has 2 rings (SSSR count). The monoisotopic (exact) mass is 234 g/mol. The van der Waals surface area contributed by atoms with Crippen LogP contribution in [0.25, 0.3) is 0 Å². The maximum Gasteiger partial charge on any atom is 0.226 e. The van der Waals surface area contributed by atoms with Crippen LogP contribution in [0.4, 0.5) is 0 Å². The van der Waals surface area contributed by atoms with Crippen LogP contribution in [-0.4, -0.2) is 23.4 Å².